The number of aliphatic hydroxyl groups is 1. The predicted octanol–water partition coefficient (Wildman–Crippen LogP) is 2.46. The lowest BCUT2D eigenvalue weighted by Crippen LogP contribution is -2.09. The van der Waals surface area contributed by atoms with Gasteiger partial charge in [0.05, 0.1) is 16.4 Å². The number of carbonyl (C=O) groups is 1. The molecule has 2 aromatic rings. The smallest absolute Gasteiger partial charge is 0.267 e. The average molecular weight is 321 g/mol. The molecule has 0 spiro atoms. The predicted molar refractivity (Wildman–Crippen MR) is 84.9 cm³/mol. The summed E-state index contributed by atoms with van der Waals surface area (Å²) < 4.78 is 0. The van der Waals surface area contributed by atoms with Gasteiger partial charge in [0.2, 0.25) is 5.13 Å². The molecule has 2 N–H and O–H groups in total. The number of hydrogen-bond acceptors (Lipinski definition) is 6. The van der Waals surface area contributed by atoms with Gasteiger partial charge >= 0.3 is 0 Å². The zero-order chi connectivity index (χ0) is 15.2. The van der Waals surface area contributed by atoms with Gasteiger partial charge in [0, 0.05) is 6.42 Å². The molecule has 0 aliphatic heterocycles. The van der Waals surface area contributed by atoms with Crippen LogP contribution in [0.2, 0.25) is 0 Å². The highest BCUT2D eigenvalue weighted by molar-refractivity contribution is 7.16. The maximum atomic E-state index is 12.2. The lowest BCUT2D eigenvalue weighted by molar-refractivity contribution is 0.103. The van der Waals surface area contributed by atoms with Crippen LogP contribution in [0.3, 0.4) is 0 Å². The first-order chi connectivity index (χ1) is 10.1. The van der Waals surface area contributed by atoms with Gasteiger partial charge in [-0.15, -0.1) is 21.5 Å². The Bertz CT molecular complexity index is 695. The number of aliphatic hydroxyl groups excluding tert-OH is 1. The third kappa shape index (κ3) is 4.11. The van der Waals surface area contributed by atoms with Crippen LogP contribution < -0.4 is 5.32 Å². The van der Waals surface area contributed by atoms with Crippen LogP contribution in [0.1, 0.15) is 38.5 Å². The molecular weight excluding hydrogens is 306 g/mol. The fourth-order valence-electron chi connectivity index (χ4n) is 1.52. The summed E-state index contributed by atoms with van der Waals surface area (Å²) in [6, 6.07) is 1.81. The normalized spacial score (nSPS) is 10.0. The summed E-state index contributed by atoms with van der Waals surface area (Å²) in [6.07, 6.45) is 1.24. The first-order valence-electron chi connectivity index (χ1n) is 6.48. The van der Waals surface area contributed by atoms with Crippen LogP contribution >= 0.6 is 22.7 Å². The van der Waals surface area contributed by atoms with Gasteiger partial charge in [-0.1, -0.05) is 30.1 Å². The SMILES string of the molecule is CCc1nnc(NC(=O)c2cc(C)c(C#CCCO)s2)s1. The van der Waals surface area contributed by atoms with E-state index in [1.807, 2.05) is 19.9 Å². The molecule has 0 saturated carbocycles. The first-order valence-corrected chi connectivity index (χ1v) is 8.11. The highest BCUT2D eigenvalue weighted by atomic mass is 32.1. The standard InChI is InChI=1S/C14H15N3O2S2/c1-3-12-16-17-14(21-12)15-13(19)11-8-9(2)10(20-11)6-4-5-7-18/h8,18H,3,5,7H2,1-2H3,(H,15,17,19). The summed E-state index contributed by atoms with van der Waals surface area (Å²) in [5.41, 5.74) is 0.960. The molecule has 2 rings (SSSR count). The molecular formula is C14H15N3O2S2. The van der Waals surface area contributed by atoms with E-state index in [0.29, 0.717) is 16.4 Å². The van der Waals surface area contributed by atoms with Crippen LogP contribution in [0.15, 0.2) is 6.07 Å². The Morgan fingerprint density at radius 3 is 2.90 bits per heavy atom. The summed E-state index contributed by atoms with van der Waals surface area (Å²) in [7, 11) is 0. The molecule has 0 aliphatic rings. The number of thiophene rings is 1. The molecule has 110 valence electrons. The summed E-state index contributed by atoms with van der Waals surface area (Å²) in [5.74, 6) is 5.64. The molecule has 2 heterocycles. The van der Waals surface area contributed by atoms with Crippen LogP contribution in [0.25, 0.3) is 0 Å². The summed E-state index contributed by atoms with van der Waals surface area (Å²) in [6.45, 7) is 3.95. The van der Waals surface area contributed by atoms with Gasteiger partial charge < -0.3 is 5.11 Å². The van der Waals surface area contributed by atoms with Crippen molar-refractivity contribution < 1.29 is 9.90 Å². The lowest BCUT2D eigenvalue weighted by atomic mass is 10.2. The van der Waals surface area contributed by atoms with Crippen molar-refractivity contribution in [2.75, 3.05) is 11.9 Å². The molecule has 0 fully saturated rings. The maximum Gasteiger partial charge on any atom is 0.267 e. The molecule has 1 amide bonds. The van der Waals surface area contributed by atoms with Crippen molar-refractivity contribution >= 4 is 33.7 Å². The van der Waals surface area contributed by atoms with E-state index in [1.165, 1.54) is 22.7 Å². The first kappa shape index (κ1) is 15.6. The van der Waals surface area contributed by atoms with Crippen molar-refractivity contribution in [3.63, 3.8) is 0 Å². The number of nitrogens with zero attached hydrogens (tertiary/aromatic N) is 2. The van der Waals surface area contributed by atoms with Crippen LogP contribution in [-0.4, -0.2) is 27.8 Å². The van der Waals surface area contributed by atoms with Crippen molar-refractivity contribution in [2.24, 2.45) is 0 Å². The van der Waals surface area contributed by atoms with Gasteiger partial charge in [-0.25, -0.2) is 0 Å². The fraction of sp³-hybridized carbons (Fsp3) is 0.357. The highest BCUT2D eigenvalue weighted by Crippen LogP contribution is 2.23. The molecule has 7 heteroatoms. The number of amides is 1. The Morgan fingerprint density at radius 2 is 2.24 bits per heavy atom. The number of rotatable bonds is 4. The Balaban J connectivity index is 2.09. The van der Waals surface area contributed by atoms with Crippen molar-refractivity contribution in [1.82, 2.24) is 10.2 Å². The average Bonchev–Trinajstić information content (AvgIpc) is 3.06. The Morgan fingerprint density at radius 1 is 1.43 bits per heavy atom. The van der Waals surface area contributed by atoms with E-state index < -0.39 is 0 Å². The number of aromatic nitrogens is 2. The van der Waals surface area contributed by atoms with Crippen molar-refractivity contribution in [2.45, 2.75) is 26.7 Å². The molecule has 0 unspecified atom stereocenters. The molecule has 0 saturated heterocycles. The van der Waals surface area contributed by atoms with E-state index in [4.69, 9.17) is 5.11 Å². The second-order valence-electron chi connectivity index (χ2n) is 4.21. The number of carbonyl (C=O) groups excluding carboxylic acids is 1. The minimum atomic E-state index is -0.197. The maximum absolute atomic E-state index is 12.2. The van der Waals surface area contributed by atoms with Gasteiger partial charge in [0.1, 0.15) is 5.01 Å². The van der Waals surface area contributed by atoms with Crippen LogP contribution in [0.5, 0.6) is 0 Å². The van der Waals surface area contributed by atoms with Crippen LogP contribution in [-0.2, 0) is 6.42 Å². The largest absolute Gasteiger partial charge is 0.395 e. The molecule has 5 nitrogen and oxygen atoms in total. The molecule has 2 aromatic heterocycles. The molecule has 0 radical (unpaired) electrons. The Kier molecular flexibility index (Phi) is 5.44. The van der Waals surface area contributed by atoms with Crippen molar-refractivity contribution in [1.29, 1.82) is 0 Å². The van der Waals surface area contributed by atoms with Crippen LogP contribution in [0, 0.1) is 18.8 Å². The molecule has 0 aliphatic carbocycles. The minimum absolute atomic E-state index is 0.0432. The van der Waals surface area contributed by atoms with E-state index in [1.54, 1.807) is 0 Å². The summed E-state index contributed by atoms with van der Waals surface area (Å²) in [5, 5.41) is 20.8. The van der Waals surface area contributed by atoms with E-state index in [2.05, 4.69) is 27.4 Å². The molecule has 0 atom stereocenters. The monoisotopic (exact) mass is 321 g/mol. The zero-order valence-electron chi connectivity index (χ0n) is 11.8. The second kappa shape index (κ2) is 7.31. The summed E-state index contributed by atoms with van der Waals surface area (Å²) >= 11 is 2.72. The fourth-order valence-corrected chi connectivity index (χ4v) is 3.14. The van der Waals surface area contributed by atoms with Crippen molar-refractivity contribution in [3.05, 3.63) is 26.4 Å². The number of aryl methyl sites for hydroxylation is 2. The van der Waals surface area contributed by atoms with Gasteiger partial charge in [0.25, 0.3) is 5.91 Å². The third-order valence-corrected chi connectivity index (χ3v) is 4.70. The van der Waals surface area contributed by atoms with Crippen molar-refractivity contribution in [3.8, 4) is 11.8 Å². The van der Waals surface area contributed by atoms with Gasteiger partial charge in [-0.3, -0.25) is 10.1 Å². The third-order valence-electron chi connectivity index (χ3n) is 2.57. The molecule has 21 heavy (non-hydrogen) atoms. The summed E-state index contributed by atoms with van der Waals surface area (Å²) in [4.78, 5) is 13.6. The van der Waals surface area contributed by atoms with Gasteiger partial charge in [0.15, 0.2) is 0 Å². The van der Waals surface area contributed by atoms with Gasteiger partial charge in [-0.05, 0) is 25.0 Å². The number of nitrogens with one attached hydrogen (secondary N) is 1. The topological polar surface area (TPSA) is 75.1 Å². The zero-order valence-corrected chi connectivity index (χ0v) is 13.4. The van der Waals surface area contributed by atoms with Gasteiger partial charge in [-0.2, -0.15) is 0 Å². The van der Waals surface area contributed by atoms with E-state index in [-0.39, 0.29) is 12.5 Å². The van der Waals surface area contributed by atoms with E-state index in [9.17, 15) is 4.79 Å². The quantitative estimate of drug-likeness (QED) is 0.848. The van der Waals surface area contributed by atoms with Crippen LogP contribution in [0.4, 0.5) is 5.13 Å². The Labute approximate surface area is 131 Å². The van der Waals surface area contributed by atoms with E-state index >= 15 is 0 Å². The minimum Gasteiger partial charge on any atom is -0.395 e. The lowest BCUT2D eigenvalue weighted by Gasteiger charge is -1.96. The number of hydrogen-bond donors (Lipinski definition) is 2. The second-order valence-corrected chi connectivity index (χ2v) is 6.32. The van der Waals surface area contributed by atoms with E-state index in [0.717, 1.165) is 21.9 Å². The highest BCUT2D eigenvalue weighted by Gasteiger charge is 2.13. The molecule has 0 bridgehead atoms. The number of anilines is 1. The Hall–Kier alpha value is -1.75. The molecule has 0 aromatic carbocycles.